The van der Waals surface area contributed by atoms with Crippen molar-refractivity contribution in [3.8, 4) is 0 Å². The molecule has 0 radical (unpaired) electrons. The van der Waals surface area contributed by atoms with Crippen LogP contribution in [0.1, 0.15) is 32.6 Å². The van der Waals surface area contributed by atoms with Crippen LogP contribution >= 0.6 is 11.6 Å². The Kier molecular flexibility index (Phi) is 4.05. The lowest BCUT2D eigenvalue weighted by molar-refractivity contribution is -0.143. The molecule has 0 amide bonds. The molecule has 1 rings (SSSR count). The highest BCUT2D eigenvalue weighted by molar-refractivity contribution is 6.23. The number of halogens is 4. The number of aldehydes is 1. The Morgan fingerprint density at radius 2 is 2.19 bits per heavy atom. The zero-order chi connectivity index (χ0) is 12.4. The van der Waals surface area contributed by atoms with E-state index in [0.29, 0.717) is 24.8 Å². The van der Waals surface area contributed by atoms with Gasteiger partial charge in [-0.1, -0.05) is 6.08 Å². The van der Waals surface area contributed by atoms with Crippen molar-refractivity contribution < 1.29 is 18.0 Å². The minimum absolute atomic E-state index is 0.223. The Bertz CT molecular complexity index is 294. The third-order valence-corrected chi connectivity index (χ3v) is 3.44. The molecule has 0 fully saturated rings. The number of rotatable bonds is 3. The summed E-state index contributed by atoms with van der Waals surface area (Å²) in [5.74, 6) is -0.223. The average molecular weight is 255 g/mol. The van der Waals surface area contributed by atoms with Gasteiger partial charge in [0.05, 0.1) is 11.3 Å². The van der Waals surface area contributed by atoms with Crippen LogP contribution in [0.3, 0.4) is 0 Å². The molecule has 2 atom stereocenters. The Morgan fingerprint density at radius 1 is 1.56 bits per heavy atom. The molecular weight excluding hydrogens is 241 g/mol. The quantitative estimate of drug-likeness (QED) is 0.552. The summed E-state index contributed by atoms with van der Waals surface area (Å²) in [5.41, 5.74) is 0.663. The van der Waals surface area contributed by atoms with Gasteiger partial charge in [-0.05, 0) is 37.7 Å². The second kappa shape index (κ2) is 4.78. The summed E-state index contributed by atoms with van der Waals surface area (Å²) >= 11 is 5.95. The smallest absolute Gasteiger partial charge is 0.298 e. The maximum absolute atomic E-state index is 12.3. The molecule has 1 nitrogen and oxygen atoms in total. The highest BCUT2D eigenvalue weighted by Crippen LogP contribution is 2.42. The van der Waals surface area contributed by atoms with E-state index in [2.05, 4.69) is 0 Å². The summed E-state index contributed by atoms with van der Waals surface area (Å²) in [7, 11) is 0. The number of hydrogen-bond donors (Lipinski definition) is 0. The monoisotopic (exact) mass is 254 g/mol. The van der Waals surface area contributed by atoms with E-state index >= 15 is 0 Å². The SMILES string of the molecule is CC(Cl)(CC(F)(F)F)[C@H]1CC=C(C=O)CC1. The van der Waals surface area contributed by atoms with Crippen LogP contribution in [-0.4, -0.2) is 17.3 Å². The average Bonchev–Trinajstić information content (AvgIpc) is 2.14. The van der Waals surface area contributed by atoms with E-state index in [9.17, 15) is 18.0 Å². The third-order valence-electron chi connectivity index (χ3n) is 2.99. The van der Waals surface area contributed by atoms with Gasteiger partial charge in [0.25, 0.3) is 0 Å². The minimum Gasteiger partial charge on any atom is -0.298 e. The van der Waals surface area contributed by atoms with Gasteiger partial charge in [-0.3, -0.25) is 4.79 Å². The first-order valence-electron chi connectivity index (χ1n) is 5.14. The summed E-state index contributed by atoms with van der Waals surface area (Å²) in [6.45, 7) is 1.42. The molecule has 92 valence electrons. The highest BCUT2D eigenvalue weighted by Gasteiger charge is 2.43. The van der Waals surface area contributed by atoms with Gasteiger partial charge < -0.3 is 0 Å². The van der Waals surface area contributed by atoms with Crippen LogP contribution in [0.5, 0.6) is 0 Å². The van der Waals surface area contributed by atoms with Crippen molar-refractivity contribution in [1.29, 1.82) is 0 Å². The normalized spacial score (nSPS) is 25.8. The van der Waals surface area contributed by atoms with Gasteiger partial charge in [0, 0.05) is 0 Å². The van der Waals surface area contributed by atoms with E-state index in [-0.39, 0.29) is 5.92 Å². The first-order valence-corrected chi connectivity index (χ1v) is 5.52. The van der Waals surface area contributed by atoms with Crippen molar-refractivity contribution in [3.63, 3.8) is 0 Å². The number of alkyl halides is 4. The van der Waals surface area contributed by atoms with Crippen molar-refractivity contribution in [2.75, 3.05) is 0 Å². The van der Waals surface area contributed by atoms with Gasteiger partial charge in [0.15, 0.2) is 0 Å². The number of hydrogen-bond acceptors (Lipinski definition) is 1. The van der Waals surface area contributed by atoms with E-state index in [0.717, 1.165) is 6.29 Å². The fourth-order valence-corrected chi connectivity index (χ4v) is 2.39. The van der Waals surface area contributed by atoms with Gasteiger partial charge in [-0.2, -0.15) is 13.2 Å². The molecule has 0 spiro atoms. The Morgan fingerprint density at radius 3 is 2.56 bits per heavy atom. The van der Waals surface area contributed by atoms with Gasteiger partial charge in [-0.25, -0.2) is 0 Å². The van der Waals surface area contributed by atoms with E-state index in [1.807, 2.05) is 0 Å². The van der Waals surface area contributed by atoms with Crippen LogP contribution in [-0.2, 0) is 4.79 Å². The van der Waals surface area contributed by atoms with E-state index in [1.54, 1.807) is 6.08 Å². The fourth-order valence-electron chi connectivity index (χ4n) is 2.04. The topological polar surface area (TPSA) is 17.1 Å². The summed E-state index contributed by atoms with van der Waals surface area (Å²) < 4.78 is 36.9. The molecule has 0 N–H and O–H groups in total. The summed E-state index contributed by atoms with van der Waals surface area (Å²) in [6.07, 6.45) is -1.27. The lowest BCUT2D eigenvalue weighted by atomic mass is 9.79. The van der Waals surface area contributed by atoms with E-state index < -0.39 is 17.5 Å². The molecule has 16 heavy (non-hydrogen) atoms. The molecule has 0 saturated carbocycles. The number of carbonyl (C=O) groups excluding carboxylic acids is 1. The van der Waals surface area contributed by atoms with E-state index in [4.69, 9.17) is 11.6 Å². The lowest BCUT2D eigenvalue weighted by Gasteiger charge is -2.34. The molecule has 0 aliphatic heterocycles. The lowest BCUT2D eigenvalue weighted by Crippen LogP contribution is -2.35. The zero-order valence-electron chi connectivity index (χ0n) is 8.98. The molecule has 1 unspecified atom stereocenters. The zero-order valence-corrected chi connectivity index (χ0v) is 9.74. The van der Waals surface area contributed by atoms with Crippen molar-refractivity contribution in [1.82, 2.24) is 0 Å². The van der Waals surface area contributed by atoms with Crippen molar-refractivity contribution >= 4 is 17.9 Å². The molecule has 5 heteroatoms. The van der Waals surface area contributed by atoms with Gasteiger partial charge >= 0.3 is 6.18 Å². The summed E-state index contributed by atoms with van der Waals surface area (Å²) in [5, 5.41) is 0. The minimum atomic E-state index is -4.24. The molecule has 0 bridgehead atoms. The van der Waals surface area contributed by atoms with Gasteiger partial charge in [0.1, 0.15) is 6.29 Å². The molecular formula is C11H14ClF3O. The molecule has 0 aromatic carbocycles. The molecule has 0 heterocycles. The Labute approximate surface area is 97.7 Å². The first-order chi connectivity index (χ1) is 7.24. The molecule has 1 aliphatic rings. The first kappa shape index (κ1) is 13.6. The number of carbonyl (C=O) groups is 1. The molecule has 1 aliphatic carbocycles. The maximum atomic E-state index is 12.3. The second-order valence-corrected chi connectivity index (χ2v) is 5.30. The standard InChI is InChI=1S/C11H14ClF3O/c1-10(12,7-11(13,14)15)9-4-2-8(6-16)3-5-9/h2,6,9H,3-5,7H2,1H3/t9-,10?/m0/s1. The maximum Gasteiger partial charge on any atom is 0.390 e. The molecule has 0 saturated heterocycles. The Balaban J connectivity index is 2.65. The van der Waals surface area contributed by atoms with Gasteiger partial charge in [0.2, 0.25) is 0 Å². The van der Waals surface area contributed by atoms with Crippen LogP contribution < -0.4 is 0 Å². The number of allylic oxidation sites excluding steroid dienone is 2. The van der Waals surface area contributed by atoms with Crippen LogP contribution in [0, 0.1) is 5.92 Å². The van der Waals surface area contributed by atoms with Crippen molar-refractivity contribution in [2.45, 2.75) is 43.7 Å². The highest BCUT2D eigenvalue weighted by atomic mass is 35.5. The fraction of sp³-hybridized carbons (Fsp3) is 0.727. The van der Waals surface area contributed by atoms with Crippen LogP contribution in [0.2, 0.25) is 0 Å². The molecule has 0 aromatic heterocycles. The second-order valence-electron chi connectivity index (χ2n) is 4.44. The Hall–Kier alpha value is -0.510. The predicted octanol–water partition coefficient (Wildman–Crippen LogP) is 3.86. The van der Waals surface area contributed by atoms with E-state index in [1.165, 1.54) is 6.92 Å². The van der Waals surface area contributed by atoms with Crippen LogP contribution in [0.25, 0.3) is 0 Å². The third kappa shape index (κ3) is 3.81. The van der Waals surface area contributed by atoms with Gasteiger partial charge in [-0.15, -0.1) is 11.6 Å². The van der Waals surface area contributed by atoms with Crippen molar-refractivity contribution in [2.24, 2.45) is 5.92 Å². The van der Waals surface area contributed by atoms with Crippen molar-refractivity contribution in [3.05, 3.63) is 11.6 Å². The predicted molar refractivity (Wildman–Crippen MR) is 56.4 cm³/mol. The van der Waals surface area contributed by atoms with Crippen LogP contribution in [0.15, 0.2) is 11.6 Å². The summed E-state index contributed by atoms with van der Waals surface area (Å²) in [6, 6.07) is 0. The largest absolute Gasteiger partial charge is 0.390 e. The van der Waals surface area contributed by atoms with Crippen LogP contribution in [0.4, 0.5) is 13.2 Å². The molecule has 0 aromatic rings. The summed E-state index contributed by atoms with van der Waals surface area (Å²) in [4.78, 5) is 9.19.